The standard InChI is InChI=1S/C11H14BrNO2S/c1-6(14)8-7(12)5-16-9(8)10(15)13-11(2,3)4/h5H,1-4H3,(H,13,15). The highest BCUT2D eigenvalue weighted by atomic mass is 79.9. The Balaban J connectivity index is 3.05. The minimum atomic E-state index is -0.304. The van der Waals surface area contributed by atoms with Gasteiger partial charge in [-0.05, 0) is 43.6 Å². The van der Waals surface area contributed by atoms with Crippen molar-refractivity contribution in [1.82, 2.24) is 5.32 Å². The zero-order valence-electron chi connectivity index (χ0n) is 9.68. The molecule has 0 fully saturated rings. The highest BCUT2D eigenvalue weighted by molar-refractivity contribution is 9.10. The maximum atomic E-state index is 11.9. The normalized spacial score (nSPS) is 11.3. The lowest BCUT2D eigenvalue weighted by molar-refractivity contribution is 0.0912. The van der Waals surface area contributed by atoms with Gasteiger partial charge in [-0.25, -0.2) is 0 Å². The van der Waals surface area contributed by atoms with E-state index in [0.29, 0.717) is 14.9 Å². The van der Waals surface area contributed by atoms with E-state index in [2.05, 4.69) is 21.2 Å². The summed E-state index contributed by atoms with van der Waals surface area (Å²) >= 11 is 4.55. The third kappa shape index (κ3) is 3.15. The molecule has 16 heavy (non-hydrogen) atoms. The molecule has 0 aliphatic heterocycles. The molecule has 0 atom stereocenters. The Morgan fingerprint density at radius 2 is 1.94 bits per heavy atom. The monoisotopic (exact) mass is 303 g/mol. The molecule has 5 heteroatoms. The molecule has 1 aromatic heterocycles. The van der Waals surface area contributed by atoms with E-state index in [1.54, 1.807) is 5.38 Å². The Bertz CT molecular complexity index is 432. The Labute approximate surface area is 107 Å². The van der Waals surface area contributed by atoms with Crippen molar-refractivity contribution in [2.75, 3.05) is 0 Å². The van der Waals surface area contributed by atoms with Crippen molar-refractivity contribution in [2.24, 2.45) is 0 Å². The molecule has 0 bridgehead atoms. The van der Waals surface area contributed by atoms with Crippen LogP contribution in [0.15, 0.2) is 9.85 Å². The topological polar surface area (TPSA) is 46.2 Å². The molecular weight excluding hydrogens is 290 g/mol. The van der Waals surface area contributed by atoms with Gasteiger partial charge in [0.25, 0.3) is 5.91 Å². The fraction of sp³-hybridized carbons (Fsp3) is 0.455. The van der Waals surface area contributed by atoms with Crippen LogP contribution in [0.2, 0.25) is 0 Å². The van der Waals surface area contributed by atoms with Gasteiger partial charge in [0, 0.05) is 15.4 Å². The summed E-state index contributed by atoms with van der Waals surface area (Å²) in [5, 5.41) is 4.60. The Morgan fingerprint density at radius 3 is 2.38 bits per heavy atom. The van der Waals surface area contributed by atoms with E-state index in [1.165, 1.54) is 18.3 Å². The van der Waals surface area contributed by atoms with E-state index in [1.807, 2.05) is 20.8 Å². The van der Waals surface area contributed by atoms with Gasteiger partial charge in [-0.15, -0.1) is 11.3 Å². The minimum absolute atomic E-state index is 0.104. The molecule has 0 unspecified atom stereocenters. The quantitative estimate of drug-likeness (QED) is 0.853. The SMILES string of the molecule is CC(=O)c1c(Br)csc1C(=O)NC(C)(C)C. The lowest BCUT2D eigenvalue weighted by Crippen LogP contribution is -2.40. The Morgan fingerprint density at radius 1 is 1.38 bits per heavy atom. The summed E-state index contributed by atoms with van der Waals surface area (Å²) < 4.78 is 0.684. The van der Waals surface area contributed by atoms with E-state index in [9.17, 15) is 9.59 Å². The number of ketones is 1. The molecule has 3 nitrogen and oxygen atoms in total. The molecule has 1 N–H and O–H groups in total. The van der Waals surface area contributed by atoms with Crippen molar-refractivity contribution < 1.29 is 9.59 Å². The second kappa shape index (κ2) is 4.67. The molecule has 88 valence electrons. The van der Waals surface area contributed by atoms with Crippen LogP contribution < -0.4 is 5.32 Å². The highest BCUT2D eigenvalue weighted by Gasteiger charge is 2.23. The first-order chi connectivity index (χ1) is 7.22. The second-order valence-corrected chi connectivity index (χ2v) is 6.28. The van der Waals surface area contributed by atoms with E-state index >= 15 is 0 Å². The molecular formula is C11H14BrNO2S. The summed E-state index contributed by atoms with van der Waals surface area (Å²) in [6.07, 6.45) is 0. The van der Waals surface area contributed by atoms with Gasteiger partial charge < -0.3 is 5.32 Å². The third-order valence-electron chi connectivity index (χ3n) is 1.79. The van der Waals surface area contributed by atoms with Crippen LogP contribution in [0.25, 0.3) is 0 Å². The van der Waals surface area contributed by atoms with Crippen LogP contribution in [-0.4, -0.2) is 17.2 Å². The number of amides is 1. The zero-order chi connectivity index (χ0) is 12.5. The van der Waals surface area contributed by atoms with Crippen LogP contribution in [0, 0.1) is 0 Å². The largest absolute Gasteiger partial charge is 0.347 e. The van der Waals surface area contributed by atoms with Gasteiger partial charge in [0.2, 0.25) is 0 Å². The molecule has 0 saturated carbocycles. The molecule has 0 aromatic carbocycles. The minimum Gasteiger partial charge on any atom is -0.347 e. The number of thiophene rings is 1. The Hall–Kier alpha value is -0.680. The van der Waals surface area contributed by atoms with Crippen LogP contribution in [0.3, 0.4) is 0 Å². The van der Waals surface area contributed by atoms with Gasteiger partial charge in [0.1, 0.15) is 4.88 Å². The van der Waals surface area contributed by atoms with E-state index in [0.717, 1.165) is 0 Å². The predicted octanol–water partition coefficient (Wildman–Crippen LogP) is 3.24. The lowest BCUT2D eigenvalue weighted by Gasteiger charge is -2.20. The van der Waals surface area contributed by atoms with Crippen molar-refractivity contribution in [3.63, 3.8) is 0 Å². The fourth-order valence-electron chi connectivity index (χ4n) is 1.23. The molecule has 1 aromatic rings. The molecule has 0 spiro atoms. The summed E-state index contributed by atoms with van der Waals surface area (Å²) in [6.45, 7) is 7.17. The van der Waals surface area contributed by atoms with Gasteiger partial charge >= 0.3 is 0 Å². The third-order valence-corrected chi connectivity index (χ3v) is 3.70. The predicted molar refractivity (Wildman–Crippen MR) is 69.2 cm³/mol. The zero-order valence-corrected chi connectivity index (χ0v) is 12.1. The first kappa shape index (κ1) is 13.4. The first-order valence-electron chi connectivity index (χ1n) is 4.83. The van der Waals surface area contributed by atoms with Gasteiger partial charge in [-0.2, -0.15) is 0 Å². The molecule has 0 aliphatic carbocycles. The first-order valence-corrected chi connectivity index (χ1v) is 6.50. The lowest BCUT2D eigenvalue weighted by atomic mass is 10.1. The second-order valence-electron chi connectivity index (χ2n) is 4.55. The van der Waals surface area contributed by atoms with Crippen molar-refractivity contribution in [3.8, 4) is 0 Å². The van der Waals surface area contributed by atoms with E-state index in [4.69, 9.17) is 0 Å². The maximum Gasteiger partial charge on any atom is 0.262 e. The molecule has 0 aliphatic rings. The number of rotatable bonds is 2. The average molecular weight is 304 g/mol. The number of halogens is 1. The van der Waals surface area contributed by atoms with E-state index < -0.39 is 0 Å². The van der Waals surface area contributed by atoms with Crippen LogP contribution >= 0.6 is 27.3 Å². The van der Waals surface area contributed by atoms with Gasteiger partial charge in [0.05, 0.1) is 5.56 Å². The smallest absolute Gasteiger partial charge is 0.262 e. The van der Waals surface area contributed by atoms with Crippen LogP contribution in [-0.2, 0) is 0 Å². The number of Topliss-reactive ketones (excluding diaryl/α,β-unsaturated/α-hetero) is 1. The summed E-state index contributed by atoms with van der Waals surface area (Å²) in [5.41, 5.74) is 0.161. The molecule has 1 amide bonds. The van der Waals surface area contributed by atoms with Crippen molar-refractivity contribution in [3.05, 3.63) is 20.3 Å². The van der Waals surface area contributed by atoms with Crippen LogP contribution in [0.1, 0.15) is 47.7 Å². The summed E-state index contributed by atoms with van der Waals surface area (Å²) in [7, 11) is 0. The van der Waals surface area contributed by atoms with Gasteiger partial charge in [-0.3, -0.25) is 9.59 Å². The van der Waals surface area contributed by atoms with Gasteiger partial charge in [0.15, 0.2) is 5.78 Å². The van der Waals surface area contributed by atoms with Crippen molar-refractivity contribution in [2.45, 2.75) is 33.2 Å². The molecule has 1 rings (SSSR count). The average Bonchev–Trinajstić information content (AvgIpc) is 2.43. The number of carbonyl (C=O) groups excluding carboxylic acids is 2. The number of carbonyl (C=O) groups is 2. The molecule has 0 radical (unpaired) electrons. The maximum absolute atomic E-state index is 11.9. The van der Waals surface area contributed by atoms with Crippen LogP contribution in [0.5, 0.6) is 0 Å². The molecule has 1 heterocycles. The Kier molecular flexibility index (Phi) is 3.91. The number of hydrogen-bond donors (Lipinski definition) is 1. The highest BCUT2D eigenvalue weighted by Crippen LogP contribution is 2.28. The van der Waals surface area contributed by atoms with Gasteiger partial charge in [-0.1, -0.05) is 0 Å². The summed E-state index contributed by atoms with van der Waals surface area (Å²) in [6, 6.07) is 0. The summed E-state index contributed by atoms with van der Waals surface area (Å²) in [5.74, 6) is -0.305. The van der Waals surface area contributed by atoms with E-state index in [-0.39, 0.29) is 17.2 Å². The van der Waals surface area contributed by atoms with Crippen molar-refractivity contribution >= 4 is 39.0 Å². The summed E-state index contributed by atoms with van der Waals surface area (Å²) in [4.78, 5) is 23.8. The van der Waals surface area contributed by atoms with Crippen molar-refractivity contribution in [1.29, 1.82) is 0 Å². The number of nitrogens with one attached hydrogen (secondary N) is 1. The van der Waals surface area contributed by atoms with Crippen LogP contribution in [0.4, 0.5) is 0 Å². The fourth-order valence-corrected chi connectivity index (χ4v) is 2.99. The number of hydrogen-bond acceptors (Lipinski definition) is 3. The molecule has 0 saturated heterocycles.